The summed E-state index contributed by atoms with van der Waals surface area (Å²) in [6.07, 6.45) is 0.227. The zero-order chi connectivity index (χ0) is 34.7. The van der Waals surface area contributed by atoms with Crippen LogP contribution in [0.4, 0.5) is 0 Å². The quantitative estimate of drug-likeness (QED) is 0.236. The highest BCUT2D eigenvalue weighted by atomic mass is 16.5. The van der Waals surface area contributed by atoms with Gasteiger partial charge in [-0.2, -0.15) is 0 Å². The van der Waals surface area contributed by atoms with Crippen molar-refractivity contribution in [1.82, 2.24) is 20.4 Å². The van der Waals surface area contributed by atoms with Gasteiger partial charge in [0.25, 0.3) is 0 Å². The lowest BCUT2D eigenvalue weighted by molar-refractivity contribution is -0.147. The Morgan fingerprint density at radius 1 is 1.02 bits per heavy atom. The first kappa shape index (κ1) is 39.2. The molecular weight excluding hydrogens is 588 g/mol. The van der Waals surface area contributed by atoms with E-state index in [0.29, 0.717) is 18.5 Å². The number of ether oxygens (including phenoxy) is 2. The predicted octanol–water partition coefficient (Wildman–Crippen LogP) is 3.31. The summed E-state index contributed by atoms with van der Waals surface area (Å²) in [6.45, 7) is 13.3. The van der Waals surface area contributed by atoms with Crippen LogP contribution in [0.1, 0.15) is 85.8 Å². The van der Waals surface area contributed by atoms with Gasteiger partial charge in [0.2, 0.25) is 23.6 Å². The molecule has 1 saturated heterocycles. The van der Waals surface area contributed by atoms with Crippen LogP contribution in [0.5, 0.6) is 0 Å². The fourth-order valence-electron chi connectivity index (χ4n) is 6.63. The maximum absolute atomic E-state index is 14.0. The Morgan fingerprint density at radius 2 is 1.65 bits per heavy atom. The molecule has 4 amide bonds. The number of likely N-dealkylation sites (N-methyl/N-ethyl adjacent to an activating group) is 1. The van der Waals surface area contributed by atoms with Crippen molar-refractivity contribution < 1.29 is 33.8 Å². The molecule has 1 aromatic rings. The molecule has 2 rings (SSSR count). The number of benzene rings is 1. The molecule has 0 spiro atoms. The minimum atomic E-state index is -0.869. The number of aliphatic hydroxyl groups is 1. The van der Waals surface area contributed by atoms with Crippen molar-refractivity contribution in [2.24, 2.45) is 17.8 Å². The summed E-state index contributed by atoms with van der Waals surface area (Å²) >= 11 is 0. The topological polar surface area (TPSA) is 138 Å². The molecule has 1 unspecified atom stereocenters. The van der Waals surface area contributed by atoms with Crippen LogP contribution >= 0.6 is 0 Å². The van der Waals surface area contributed by atoms with E-state index in [1.54, 1.807) is 44.9 Å². The Kier molecular flexibility index (Phi) is 15.6. The number of carbonyl (C=O) groups excluding carboxylic acids is 4. The van der Waals surface area contributed by atoms with Gasteiger partial charge in [0.1, 0.15) is 6.04 Å². The molecule has 46 heavy (non-hydrogen) atoms. The fraction of sp³-hybridized carbons (Fsp3) is 0.714. The zero-order valence-corrected chi connectivity index (χ0v) is 29.5. The fourth-order valence-corrected chi connectivity index (χ4v) is 6.63. The van der Waals surface area contributed by atoms with E-state index >= 15 is 0 Å². The van der Waals surface area contributed by atoms with E-state index in [4.69, 9.17) is 9.47 Å². The maximum atomic E-state index is 14.0. The van der Waals surface area contributed by atoms with E-state index in [2.05, 4.69) is 10.6 Å². The first-order chi connectivity index (χ1) is 21.7. The van der Waals surface area contributed by atoms with Crippen LogP contribution in [0.25, 0.3) is 0 Å². The minimum Gasteiger partial charge on any atom is -0.386 e. The zero-order valence-electron chi connectivity index (χ0n) is 29.5. The summed E-state index contributed by atoms with van der Waals surface area (Å²) in [5.41, 5.74) is 0.712. The van der Waals surface area contributed by atoms with Crippen LogP contribution < -0.4 is 10.6 Å². The van der Waals surface area contributed by atoms with Crippen LogP contribution in [-0.2, 0) is 28.7 Å². The Morgan fingerprint density at radius 3 is 2.17 bits per heavy atom. The summed E-state index contributed by atoms with van der Waals surface area (Å²) in [5.74, 6) is -1.61. The van der Waals surface area contributed by atoms with Gasteiger partial charge in [-0.3, -0.25) is 19.2 Å². The molecule has 1 heterocycles. The van der Waals surface area contributed by atoms with E-state index in [9.17, 15) is 24.3 Å². The van der Waals surface area contributed by atoms with Crippen molar-refractivity contribution in [2.45, 2.75) is 117 Å². The summed E-state index contributed by atoms with van der Waals surface area (Å²) in [7, 11) is 4.81. The van der Waals surface area contributed by atoms with Crippen molar-refractivity contribution >= 4 is 23.6 Å². The van der Waals surface area contributed by atoms with Crippen molar-refractivity contribution in [2.75, 3.05) is 27.8 Å². The Balaban J connectivity index is 2.21. The van der Waals surface area contributed by atoms with E-state index in [0.717, 1.165) is 12.8 Å². The van der Waals surface area contributed by atoms with E-state index in [-0.39, 0.29) is 47.9 Å². The van der Waals surface area contributed by atoms with Gasteiger partial charge in [-0.05, 0) is 37.2 Å². The van der Waals surface area contributed by atoms with Gasteiger partial charge in [0, 0.05) is 34.7 Å². The molecule has 3 N–H and O–H groups in total. The Labute approximate surface area is 275 Å². The molecule has 0 bridgehead atoms. The van der Waals surface area contributed by atoms with Gasteiger partial charge in [-0.25, -0.2) is 0 Å². The van der Waals surface area contributed by atoms with Gasteiger partial charge >= 0.3 is 0 Å². The Hall–Kier alpha value is -3.02. The number of nitrogens with zero attached hydrogens (tertiary/aromatic N) is 2. The number of hydrogen-bond acceptors (Lipinski definition) is 7. The van der Waals surface area contributed by atoms with Crippen molar-refractivity contribution in [3.63, 3.8) is 0 Å². The molecule has 1 aliphatic heterocycles. The molecular formula is C35H58N4O7. The molecule has 11 heteroatoms. The average Bonchev–Trinajstić information content (AvgIpc) is 3.52. The Bertz CT molecular complexity index is 1130. The summed E-state index contributed by atoms with van der Waals surface area (Å²) < 4.78 is 11.8. The smallest absolute Gasteiger partial charge is 0.245 e. The van der Waals surface area contributed by atoms with Crippen LogP contribution in [-0.4, -0.2) is 103 Å². The van der Waals surface area contributed by atoms with Gasteiger partial charge in [0.15, 0.2) is 0 Å². The molecule has 11 nitrogen and oxygen atoms in total. The molecule has 9 atom stereocenters. The number of likely N-dealkylation sites (tertiary alicyclic amines) is 1. The SMILES string of the molecule is CC[C@H](C)C([C@@H](CC(=O)N1CCC[C@H]1[C@H](OC)[C@@H](C)C(=O)N[C@H](C)[C@@H](O)c1ccccc1)OC)N(C)C(=O)[C@@H](NC(C)=O)C(C)C. The number of hydrogen-bond donors (Lipinski definition) is 3. The van der Waals surface area contributed by atoms with Crippen LogP contribution in [0.15, 0.2) is 30.3 Å². The molecule has 260 valence electrons. The number of amides is 4. The van der Waals surface area contributed by atoms with Gasteiger partial charge in [-0.15, -0.1) is 0 Å². The number of aliphatic hydroxyl groups excluding tert-OH is 1. The van der Waals surface area contributed by atoms with E-state index in [1.807, 2.05) is 58.0 Å². The third kappa shape index (κ3) is 9.99. The second-order valence-electron chi connectivity index (χ2n) is 13.2. The van der Waals surface area contributed by atoms with Crippen molar-refractivity contribution in [3.05, 3.63) is 35.9 Å². The lowest BCUT2D eigenvalue weighted by Crippen LogP contribution is -2.57. The summed E-state index contributed by atoms with van der Waals surface area (Å²) in [6, 6.07) is 7.21. The molecule has 0 radical (unpaired) electrons. The van der Waals surface area contributed by atoms with Crippen LogP contribution in [0, 0.1) is 17.8 Å². The van der Waals surface area contributed by atoms with Crippen molar-refractivity contribution in [1.29, 1.82) is 0 Å². The lowest BCUT2D eigenvalue weighted by Gasteiger charge is -2.40. The highest BCUT2D eigenvalue weighted by molar-refractivity contribution is 5.87. The predicted molar refractivity (Wildman–Crippen MR) is 178 cm³/mol. The normalized spacial score (nSPS) is 20.2. The van der Waals surface area contributed by atoms with Crippen LogP contribution in [0.3, 0.4) is 0 Å². The lowest BCUT2D eigenvalue weighted by atomic mass is 9.89. The molecule has 1 aliphatic rings. The molecule has 0 aromatic heterocycles. The number of carbonyl (C=O) groups is 4. The van der Waals surface area contributed by atoms with Crippen LogP contribution in [0.2, 0.25) is 0 Å². The van der Waals surface area contributed by atoms with E-state index in [1.165, 1.54) is 6.92 Å². The first-order valence-corrected chi connectivity index (χ1v) is 16.6. The standard InChI is InChI=1S/C35H58N4O7/c1-11-22(4)31(38(8)35(44)30(21(2)3)37-25(7)40)28(45-9)20-29(41)39-19-15-18-27(39)33(46-10)23(5)34(43)36-24(6)32(42)26-16-13-12-14-17-26/h12-14,16-17,21-24,27-28,30-33,42H,11,15,18-20H2,1-10H3,(H,36,43)(H,37,40)/t22-,23+,24+,27-,28+,30-,31?,32+,33+/m0/s1. The summed E-state index contributed by atoms with van der Waals surface area (Å²) in [5, 5.41) is 16.5. The molecule has 1 fully saturated rings. The van der Waals surface area contributed by atoms with Crippen molar-refractivity contribution in [3.8, 4) is 0 Å². The van der Waals surface area contributed by atoms with Gasteiger partial charge < -0.3 is 35.0 Å². The first-order valence-electron chi connectivity index (χ1n) is 16.6. The van der Waals surface area contributed by atoms with E-state index < -0.39 is 42.4 Å². The maximum Gasteiger partial charge on any atom is 0.245 e. The van der Waals surface area contributed by atoms with Gasteiger partial charge in [-0.1, -0.05) is 71.4 Å². The highest BCUT2D eigenvalue weighted by Gasteiger charge is 2.43. The van der Waals surface area contributed by atoms with Gasteiger partial charge in [0.05, 0.1) is 48.8 Å². The number of rotatable bonds is 17. The second kappa shape index (κ2) is 18.4. The second-order valence-corrected chi connectivity index (χ2v) is 13.2. The largest absolute Gasteiger partial charge is 0.386 e. The molecule has 0 saturated carbocycles. The molecule has 1 aromatic carbocycles. The summed E-state index contributed by atoms with van der Waals surface area (Å²) in [4.78, 5) is 56.3. The minimum absolute atomic E-state index is 0.00915. The third-order valence-corrected chi connectivity index (χ3v) is 9.53. The molecule has 0 aliphatic carbocycles. The monoisotopic (exact) mass is 646 g/mol. The average molecular weight is 647 g/mol. The number of nitrogens with one attached hydrogen (secondary N) is 2. The third-order valence-electron chi connectivity index (χ3n) is 9.53. The number of methoxy groups -OCH3 is 2. The highest BCUT2D eigenvalue weighted by Crippen LogP contribution is 2.30.